The Balaban J connectivity index is 1.63. The maximum atomic E-state index is 11.4. The average Bonchev–Trinajstić information content (AvgIpc) is 2.89. The summed E-state index contributed by atoms with van der Waals surface area (Å²) >= 11 is 0. The fraction of sp³-hybridized carbons (Fsp3) is 0.923. The Bertz CT molecular complexity index is 243. The lowest BCUT2D eigenvalue weighted by atomic mass is 9.87. The van der Waals surface area contributed by atoms with Crippen LogP contribution in [-0.2, 0) is 14.3 Å². The van der Waals surface area contributed by atoms with Crippen LogP contribution in [0.15, 0.2) is 0 Å². The molecule has 1 saturated carbocycles. The van der Waals surface area contributed by atoms with Gasteiger partial charge < -0.3 is 14.8 Å². The lowest BCUT2D eigenvalue weighted by molar-refractivity contribution is -0.147. The van der Waals surface area contributed by atoms with Crippen molar-refractivity contribution in [3.05, 3.63) is 0 Å². The maximum absolute atomic E-state index is 11.4. The predicted molar refractivity (Wildman–Crippen MR) is 64.7 cm³/mol. The number of rotatable bonds is 4. The Labute approximate surface area is 103 Å². The molecule has 0 spiro atoms. The van der Waals surface area contributed by atoms with Crippen LogP contribution in [-0.4, -0.2) is 38.4 Å². The third-order valence-electron chi connectivity index (χ3n) is 3.90. The van der Waals surface area contributed by atoms with Crippen LogP contribution in [0.4, 0.5) is 0 Å². The number of hydrogen-bond acceptors (Lipinski definition) is 4. The molecule has 0 aromatic rings. The van der Waals surface area contributed by atoms with Crippen molar-refractivity contribution in [1.82, 2.24) is 5.32 Å². The monoisotopic (exact) mass is 241 g/mol. The molecular weight excluding hydrogens is 218 g/mol. The lowest BCUT2D eigenvalue weighted by Crippen LogP contribution is -2.32. The van der Waals surface area contributed by atoms with E-state index in [9.17, 15) is 4.79 Å². The third-order valence-corrected chi connectivity index (χ3v) is 3.90. The summed E-state index contributed by atoms with van der Waals surface area (Å²) in [6, 6.07) is 0.549. The molecule has 2 aliphatic rings. The second kappa shape index (κ2) is 6.36. The molecule has 4 nitrogen and oxygen atoms in total. The molecule has 1 heterocycles. The van der Waals surface area contributed by atoms with Gasteiger partial charge in [0.05, 0.1) is 25.7 Å². The molecular formula is C13H23NO3. The predicted octanol–water partition coefficient (Wildman–Crippen LogP) is 1.49. The molecule has 2 rings (SSSR count). The molecule has 98 valence electrons. The zero-order chi connectivity index (χ0) is 12.1. The van der Waals surface area contributed by atoms with Gasteiger partial charge >= 0.3 is 5.97 Å². The smallest absolute Gasteiger partial charge is 0.308 e. The Morgan fingerprint density at radius 1 is 1.24 bits per heavy atom. The van der Waals surface area contributed by atoms with Crippen molar-refractivity contribution in [1.29, 1.82) is 0 Å². The number of carbonyl (C=O) groups excluding carboxylic acids is 1. The molecule has 0 radical (unpaired) electrons. The molecule has 2 fully saturated rings. The van der Waals surface area contributed by atoms with Gasteiger partial charge in [-0.1, -0.05) is 0 Å². The molecule has 1 N–H and O–H groups in total. The van der Waals surface area contributed by atoms with Crippen molar-refractivity contribution in [2.75, 3.05) is 20.3 Å². The van der Waals surface area contributed by atoms with Crippen LogP contribution >= 0.6 is 0 Å². The van der Waals surface area contributed by atoms with Crippen molar-refractivity contribution in [2.45, 2.75) is 50.7 Å². The van der Waals surface area contributed by atoms with E-state index in [2.05, 4.69) is 5.32 Å². The van der Waals surface area contributed by atoms with E-state index in [4.69, 9.17) is 9.47 Å². The van der Waals surface area contributed by atoms with Gasteiger partial charge in [0.15, 0.2) is 0 Å². The Hall–Kier alpha value is -0.610. The second-order valence-corrected chi connectivity index (χ2v) is 5.12. The normalized spacial score (nSPS) is 33.6. The number of esters is 1. The van der Waals surface area contributed by atoms with Gasteiger partial charge in [-0.25, -0.2) is 0 Å². The van der Waals surface area contributed by atoms with E-state index in [-0.39, 0.29) is 11.9 Å². The van der Waals surface area contributed by atoms with Gasteiger partial charge in [0.1, 0.15) is 0 Å². The summed E-state index contributed by atoms with van der Waals surface area (Å²) in [6.45, 7) is 1.96. The van der Waals surface area contributed by atoms with Crippen molar-refractivity contribution < 1.29 is 14.3 Å². The topological polar surface area (TPSA) is 47.6 Å². The van der Waals surface area contributed by atoms with E-state index >= 15 is 0 Å². The fourth-order valence-electron chi connectivity index (χ4n) is 2.78. The molecule has 0 aromatic carbocycles. The molecule has 0 aromatic heterocycles. The van der Waals surface area contributed by atoms with E-state index in [1.807, 2.05) is 0 Å². The number of nitrogens with one attached hydrogen (secondary N) is 1. The Morgan fingerprint density at radius 2 is 2.00 bits per heavy atom. The minimum atomic E-state index is -0.0547. The molecule has 1 aliphatic heterocycles. The molecule has 1 saturated heterocycles. The molecule has 4 heteroatoms. The van der Waals surface area contributed by atoms with Crippen molar-refractivity contribution in [3.63, 3.8) is 0 Å². The second-order valence-electron chi connectivity index (χ2n) is 5.12. The van der Waals surface area contributed by atoms with Crippen molar-refractivity contribution in [3.8, 4) is 0 Å². The van der Waals surface area contributed by atoms with Gasteiger partial charge in [0.2, 0.25) is 0 Å². The summed E-state index contributed by atoms with van der Waals surface area (Å²) in [4.78, 5) is 11.4. The van der Waals surface area contributed by atoms with Gasteiger partial charge in [-0.15, -0.1) is 0 Å². The fourth-order valence-corrected chi connectivity index (χ4v) is 2.78. The SMILES string of the molecule is COC(=O)C1CCC(OC[C@@H]2CCCN2)CC1. The van der Waals surface area contributed by atoms with Gasteiger partial charge in [0, 0.05) is 6.04 Å². The highest BCUT2D eigenvalue weighted by Gasteiger charge is 2.27. The van der Waals surface area contributed by atoms with Gasteiger partial charge in [0.25, 0.3) is 0 Å². The van der Waals surface area contributed by atoms with E-state index in [0.29, 0.717) is 12.1 Å². The number of hydrogen-bond donors (Lipinski definition) is 1. The first-order valence-electron chi connectivity index (χ1n) is 6.72. The van der Waals surface area contributed by atoms with E-state index in [1.54, 1.807) is 0 Å². The lowest BCUT2D eigenvalue weighted by Gasteiger charge is -2.27. The van der Waals surface area contributed by atoms with Crippen molar-refractivity contribution in [2.24, 2.45) is 5.92 Å². The highest BCUT2D eigenvalue weighted by Crippen LogP contribution is 2.27. The highest BCUT2D eigenvalue weighted by molar-refractivity contribution is 5.72. The standard InChI is InChI=1S/C13H23NO3/c1-16-13(15)10-4-6-12(7-5-10)17-9-11-3-2-8-14-11/h10-12,14H,2-9H2,1H3/t10?,11-,12?/m0/s1. The van der Waals surface area contributed by atoms with Crippen LogP contribution in [0, 0.1) is 5.92 Å². The zero-order valence-electron chi connectivity index (χ0n) is 10.6. The minimum Gasteiger partial charge on any atom is -0.469 e. The first kappa shape index (κ1) is 12.8. The molecule has 0 amide bonds. The van der Waals surface area contributed by atoms with Gasteiger partial charge in [-0.3, -0.25) is 4.79 Å². The average molecular weight is 241 g/mol. The zero-order valence-corrected chi connectivity index (χ0v) is 10.6. The quantitative estimate of drug-likeness (QED) is 0.757. The van der Waals surface area contributed by atoms with E-state index in [1.165, 1.54) is 20.0 Å². The van der Waals surface area contributed by atoms with Crippen LogP contribution in [0.1, 0.15) is 38.5 Å². The van der Waals surface area contributed by atoms with Crippen LogP contribution in [0.5, 0.6) is 0 Å². The molecule has 1 aliphatic carbocycles. The van der Waals surface area contributed by atoms with Gasteiger partial charge in [-0.05, 0) is 45.1 Å². The maximum Gasteiger partial charge on any atom is 0.308 e. The Morgan fingerprint density at radius 3 is 2.59 bits per heavy atom. The molecule has 17 heavy (non-hydrogen) atoms. The van der Waals surface area contributed by atoms with E-state index < -0.39 is 0 Å². The summed E-state index contributed by atoms with van der Waals surface area (Å²) in [5.41, 5.74) is 0. The number of carbonyl (C=O) groups is 1. The minimum absolute atomic E-state index is 0.0547. The van der Waals surface area contributed by atoms with Crippen molar-refractivity contribution >= 4 is 5.97 Å². The molecule has 1 atom stereocenters. The van der Waals surface area contributed by atoms with Crippen LogP contribution < -0.4 is 5.32 Å². The van der Waals surface area contributed by atoms with Crippen LogP contribution in [0.25, 0.3) is 0 Å². The Kier molecular flexibility index (Phi) is 4.80. The molecule has 0 bridgehead atoms. The summed E-state index contributed by atoms with van der Waals surface area (Å²) in [5.74, 6) is 0.0466. The largest absolute Gasteiger partial charge is 0.469 e. The first-order chi connectivity index (χ1) is 8.29. The van der Waals surface area contributed by atoms with Gasteiger partial charge in [-0.2, -0.15) is 0 Å². The number of ether oxygens (including phenoxy) is 2. The van der Waals surface area contributed by atoms with Crippen LogP contribution in [0.2, 0.25) is 0 Å². The summed E-state index contributed by atoms with van der Waals surface area (Å²) in [5, 5.41) is 3.43. The van der Waals surface area contributed by atoms with E-state index in [0.717, 1.165) is 38.8 Å². The molecule has 0 unspecified atom stereocenters. The summed E-state index contributed by atoms with van der Waals surface area (Å²) in [6.07, 6.45) is 6.66. The van der Waals surface area contributed by atoms with Crippen LogP contribution in [0.3, 0.4) is 0 Å². The summed E-state index contributed by atoms with van der Waals surface area (Å²) in [7, 11) is 1.47. The number of methoxy groups -OCH3 is 1. The first-order valence-corrected chi connectivity index (χ1v) is 6.72. The highest BCUT2D eigenvalue weighted by atomic mass is 16.5. The summed E-state index contributed by atoms with van der Waals surface area (Å²) < 4.78 is 10.7. The third kappa shape index (κ3) is 3.68.